The summed E-state index contributed by atoms with van der Waals surface area (Å²) in [6, 6.07) is 5.46. The van der Waals surface area contributed by atoms with E-state index in [4.69, 9.17) is 11.5 Å². The normalized spacial score (nSPS) is 14.5. The lowest BCUT2D eigenvalue weighted by molar-refractivity contribution is -0.141. The van der Waals surface area contributed by atoms with Gasteiger partial charge in [0, 0.05) is 6.42 Å². The number of aliphatic hydroxyl groups is 1. The molecule has 4 atom stereocenters. The zero-order valence-corrected chi connectivity index (χ0v) is 18.1. The molecule has 0 aromatic heterocycles. The first-order chi connectivity index (χ1) is 15.1. The van der Waals surface area contributed by atoms with Crippen LogP contribution in [-0.2, 0) is 25.6 Å². The first-order valence-corrected chi connectivity index (χ1v) is 10.4. The molecule has 11 nitrogen and oxygen atoms in total. The van der Waals surface area contributed by atoms with Gasteiger partial charge in [0.25, 0.3) is 0 Å². The van der Waals surface area contributed by atoms with Crippen LogP contribution in [0.2, 0.25) is 0 Å². The lowest BCUT2D eigenvalue weighted by Crippen LogP contribution is -2.55. The van der Waals surface area contributed by atoms with Crippen molar-refractivity contribution in [2.24, 2.45) is 11.5 Å². The molecule has 0 saturated carbocycles. The van der Waals surface area contributed by atoms with E-state index in [-0.39, 0.29) is 12.8 Å². The Labute approximate surface area is 186 Å². The number of carboxylic acids is 1. The monoisotopic (exact) mass is 451 g/mol. The molecule has 0 bridgehead atoms. The first-order valence-electron chi connectivity index (χ1n) is 10.4. The minimum absolute atomic E-state index is 0.0882. The number of aliphatic hydroxyl groups excluding tert-OH is 1. The van der Waals surface area contributed by atoms with Gasteiger partial charge in [-0.15, -0.1) is 0 Å². The highest BCUT2D eigenvalue weighted by molar-refractivity contribution is 5.92. The number of rotatable bonds is 14. The second-order valence-corrected chi connectivity index (χ2v) is 7.48. The highest BCUT2D eigenvalue weighted by Crippen LogP contribution is 2.04. The van der Waals surface area contributed by atoms with E-state index >= 15 is 0 Å². The van der Waals surface area contributed by atoms with Crippen LogP contribution in [0, 0.1) is 0 Å². The summed E-state index contributed by atoms with van der Waals surface area (Å²) >= 11 is 0. The number of aliphatic carboxylic acids is 1. The molecule has 178 valence electrons. The number of carboxylic acid groups (broad SMARTS) is 1. The van der Waals surface area contributed by atoms with E-state index in [9.17, 15) is 29.4 Å². The number of amides is 3. The maximum absolute atomic E-state index is 12.5. The molecule has 0 heterocycles. The Morgan fingerprint density at radius 3 is 2.22 bits per heavy atom. The van der Waals surface area contributed by atoms with Crippen LogP contribution in [0.4, 0.5) is 0 Å². The maximum Gasteiger partial charge on any atom is 0.326 e. The summed E-state index contributed by atoms with van der Waals surface area (Å²) in [7, 11) is 0. The van der Waals surface area contributed by atoms with Gasteiger partial charge in [-0.2, -0.15) is 0 Å². The molecule has 1 aromatic carbocycles. The van der Waals surface area contributed by atoms with Gasteiger partial charge in [-0.25, -0.2) is 4.79 Å². The average Bonchev–Trinajstić information content (AvgIpc) is 2.76. The van der Waals surface area contributed by atoms with E-state index in [2.05, 4.69) is 16.0 Å². The molecule has 9 N–H and O–H groups in total. The molecule has 32 heavy (non-hydrogen) atoms. The average molecular weight is 452 g/mol. The summed E-state index contributed by atoms with van der Waals surface area (Å²) in [5.41, 5.74) is 11.8. The van der Waals surface area contributed by atoms with E-state index < -0.39 is 54.5 Å². The van der Waals surface area contributed by atoms with Gasteiger partial charge in [0.1, 0.15) is 18.1 Å². The van der Waals surface area contributed by atoms with Gasteiger partial charge in [-0.05, 0) is 38.3 Å². The number of carbonyl (C=O) groups excluding carboxylic acids is 3. The van der Waals surface area contributed by atoms with Crippen molar-refractivity contribution in [2.45, 2.75) is 56.8 Å². The molecule has 3 amide bonds. The molecule has 0 aliphatic heterocycles. The SMILES string of the molecule is CC(O)C(N)C(=O)NC(CCCCN)C(=O)NCC(=O)NC(Cc1ccccc1)C(=O)O. The van der Waals surface area contributed by atoms with Gasteiger partial charge in [0.2, 0.25) is 17.7 Å². The van der Waals surface area contributed by atoms with E-state index in [1.807, 2.05) is 0 Å². The van der Waals surface area contributed by atoms with Crippen molar-refractivity contribution < 1.29 is 29.4 Å². The van der Waals surface area contributed by atoms with E-state index in [0.717, 1.165) is 5.56 Å². The van der Waals surface area contributed by atoms with Crippen LogP contribution in [-0.4, -0.2) is 71.2 Å². The Kier molecular flexibility index (Phi) is 11.9. The quantitative estimate of drug-likeness (QED) is 0.161. The maximum atomic E-state index is 12.5. The number of hydrogen-bond donors (Lipinski definition) is 7. The van der Waals surface area contributed by atoms with Gasteiger partial charge in [-0.3, -0.25) is 14.4 Å². The van der Waals surface area contributed by atoms with Gasteiger partial charge in [0.15, 0.2) is 0 Å². The Morgan fingerprint density at radius 1 is 1.00 bits per heavy atom. The molecular weight excluding hydrogens is 418 g/mol. The summed E-state index contributed by atoms with van der Waals surface area (Å²) in [4.78, 5) is 48.3. The number of nitrogens with two attached hydrogens (primary N) is 2. The molecule has 0 fully saturated rings. The van der Waals surface area contributed by atoms with Crippen molar-refractivity contribution in [3.63, 3.8) is 0 Å². The largest absolute Gasteiger partial charge is 0.480 e. The summed E-state index contributed by atoms with van der Waals surface area (Å²) < 4.78 is 0. The molecule has 0 aliphatic rings. The fourth-order valence-corrected chi connectivity index (χ4v) is 2.83. The number of hydrogen-bond acceptors (Lipinski definition) is 7. The zero-order valence-electron chi connectivity index (χ0n) is 18.1. The Hall–Kier alpha value is -3.02. The Bertz CT molecular complexity index is 758. The number of unbranched alkanes of at least 4 members (excludes halogenated alkanes) is 1. The topological polar surface area (TPSA) is 197 Å². The Balaban J connectivity index is 2.66. The van der Waals surface area contributed by atoms with Crippen molar-refractivity contribution in [2.75, 3.05) is 13.1 Å². The van der Waals surface area contributed by atoms with Gasteiger partial charge < -0.3 is 37.6 Å². The third-order valence-electron chi connectivity index (χ3n) is 4.74. The third-order valence-corrected chi connectivity index (χ3v) is 4.74. The summed E-state index contributed by atoms with van der Waals surface area (Å²) in [6.45, 7) is 1.30. The van der Waals surface area contributed by atoms with E-state index in [0.29, 0.717) is 19.4 Å². The number of nitrogens with one attached hydrogen (secondary N) is 3. The molecule has 11 heteroatoms. The lowest BCUT2D eigenvalue weighted by Gasteiger charge is -2.22. The highest BCUT2D eigenvalue weighted by Gasteiger charge is 2.26. The fourth-order valence-electron chi connectivity index (χ4n) is 2.83. The summed E-state index contributed by atoms with van der Waals surface area (Å²) in [5, 5.41) is 26.1. The predicted octanol–water partition coefficient (Wildman–Crippen LogP) is -1.76. The molecule has 0 spiro atoms. The van der Waals surface area contributed by atoms with Crippen LogP contribution in [0.3, 0.4) is 0 Å². The fraction of sp³-hybridized carbons (Fsp3) is 0.524. The minimum Gasteiger partial charge on any atom is -0.480 e. The summed E-state index contributed by atoms with van der Waals surface area (Å²) in [5.74, 6) is -3.22. The first kappa shape index (κ1) is 27.0. The zero-order chi connectivity index (χ0) is 24.1. The number of carbonyl (C=O) groups is 4. The molecule has 4 unspecified atom stereocenters. The van der Waals surface area contributed by atoms with Crippen molar-refractivity contribution in [1.82, 2.24) is 16.0 Å². The van der Waals surface area contributed by atoms with Crippen LogP contribution in [0.1, 0.15) is 31.7 Å². The van der Waals surface area contributed by atoms with Crippen molar-refractivity contribution >= 4 is 23.7 Å². The smallest absolute Gasteiger partial charge is 0.326 e. The highest BCUT2D eigenvalue weighted by atomic mass is 16.4. The van der Waals surface area contributed by atoms with Crippen molar-refractivity contribution in [1.29, 1.82) is 0 Å². The van der Waals surface area contributed by atoms with Crippen LogP contribution < -0.4 is 27.4 Å². The standard InChI is InChI=1S/C21H33N5O6/c1-13(27)18(23)20(30)26-15(9-5-6-10-22)19(29)24-12-17(28)25-16(21(31)32)11-14-7-3-2-4-8-14/h2-4,7-8,13,15-16,18,27H,5-6,9-12,22-23H2,1H3,(H,24,29)(H,25,28)(H,26,30)(H,31,32). The van der Waals surface area contributed by atoms with Gasteiger partial charge in [-0.1, -0.05) is 30.3 Å². The molecular formula is C21H33N5O6. The second-order valence-electron chi connectivity index (χ2n) is 7.48. The molecule has 1 aromatic rings. The second kappa shape index (κ2) is 14.1. The third kappa shape index (κ3) is 9.86. The Morgan fingerprint density at radius 2 is 1.66 bits per heavy atom. The van der Waals surface area contributed by atoms with Crippen molar-refractivity contribution in [3.05, 3.63) is 35.9 Å². The summed E-state index contributed by atoms with van der Waals surface area (Å²) in [6.07, 6.45) is 0.413. The van der Waals surface area contributed by atoms with Crippen LogP contribution in [0.15, 0.2) is 30.3 Å². The predicted molar refractivity (Wildman–Crippen MR) is 117 cm³/mol. The molecule has 1 rings (SSSR count). The molecule has 0 saturated heterocycles. The van der Waals surface area contributed by atoms with Crippen molar-refractivity contribution in [3.8, 4) is 0 Å². The van der Waals surface area contributed by atoms with Crippen LogP contribution in [0.5, 0.6) is 0 Å². The lowest BCUT2D eigenvalue weighted by atomic mass is 10.1. The van der Waals surface area contributed by atoms with Gasteiger partial charge >= 0.3 is 5.97 Å². The van der Waals surface area contributed by atoms with E-state index in [1.54, 1.807) is 30.3 Å². The molecule has 0 radical (unpaired) electrons. The number of benzene rings is 1. The molecule has 0 aliphatic carbocycles. The minimum atomic E-state index is -1.21. The van der Waals surface area contributed by atoms with E-state index in [1.165, 1.54) is 6.92 Å². The van der Waals surface area contributed by atoms with Crippen LogP contribution >= 0.6 is 0 Å². The van der Waals surface area contributed by atoms with Crippen LogP contribution in [0.25, 0.3) is 0 Å². The van der Waals surface area contributed by atoms with Gasteiger partial charge in [0.05, 0.1) is 12.6 Å².